The van der Waals surface area contributed by atoms with E-state index < -0.39 is 0 Å². The van der Waals surface area contributed by atoms with Gasteiger partial charge in [-0.25, -0.2) is 4.99 Å². The number of allylic oxidation sites excluding steroid dienone is 1. The van der Waals surface area contributed by atoms with Crippen molar-refractivity contribution in [3.8, 4) is 0 Å². The van der Waals surface area contributed by atoms with Gasteiger partial charge in [0.1, 0.15) is 5.84 Å². The summed E-state index contributed by atoms with van der Waals surface area (Å²) in [5.74, 6) is 1.14. The molecule has 1 aromatic heterocycles. The third-order valence-corrected chi connectivity index (χ3v) is 4.63. The lowest BCUT2D eigenvalue weighted by Crippen LogP contribution is -2.13. The van der Waals surface area contributed by atoms with Crippen LogP contribution in [0, 0.1) is 5.92 Å². The highest BCUT2D eigenvalue weighted by atomic mass is 32.2. The van der Waals surface area contributed by atoms with E-state index in [4.69, 9.17) is 5.73 Å². The van der Waals surface area contributed by atoms with Gasteiger partial charge in [0, 0.05) is 24.3 Å². The van der Waals surface area contributed by atoms with E-state index in [1.54, 1.807) is 0 Å². The largest absolute Gasteiger partial charge is 0.383 e. The van der Waals surface area contributed by atoms with E-state index in [1.807, 2.05) is 19.3 Å². The number of hydrogen-bond donors (Lipinski definition) is 1. The van der Waals surface area contributed by atoms with E-state index in [-0.39, 0.29) is 0 Å². The quantitative estimate of drug-likeness (QED) is 0.669. The number of thioether (sulfide) groups is 1. The Morgan fingerprint density at radius 3 is 2.81 bits per heavy atom. The van der Waals surface area contributed by atoms with Crippen molar-refractivity contribution >= 4 is 28.5 Å². The highest BCUT2D eigenvalue weighted by molar-refractivity contribution is 8.06. The highest BCUT2D eigenvalue weighted by Gasteiger charge is 2.25. The maximum Gasteiger partial charge on any atom is 0.132 e. The highest BCUT2D eigenvalue weighted by Crippen LogP contribution is 2.43. The smallest absolute Gasteiger partial charge is 0.132 e. The SMILES string of the molecule is C=C(/N=C(\N)c1ccc2ccn(C)c2c1)SC(=C)C1CC1. The molecule has 4 heteroatoms. The molecule has 2 aromatic rings. The zero-order valence-electron chi connectivity index (χ0n) is 12.2. The van der Waals surface area contributed by atoms with E-state index in [0.29, 0.717) is 16.8 Å². The van der Waals surface area contributed by atoms with Crippen LogP contribution < -0.4 is 5.73 Å². The monoisotopic (exact) mass is 297 g/mol. The molecule has 0 atom stereocenters. The van der Waals surface area contributed by atoms with Gasteiger partial charge >= 0.3 is 0 Å². The minimum Gasteiger partial charge on any atom is -0.383 e. The maximum absolute atomic E-state index is 6.11. The van der Waals surface area contributed by atoms with Gasteiger partial charge in [0.25, 0.3) is 0 Å². The molecule has 108 valence electrons. The van der Waals surface area contributed by atoms with E-state index in [0.717, 1.165) is 16.0 Å². The maximum atomic E-state index is 6.11. The number of rotatable bonds is 5. The Balaban J connectivity index is 1.79. The van der Waals surface area contributed by atoms with Crippen LogP contribution in [0.1, 0.15) is 18.4 Å². The number of benzene rings is 1. The van der Waals surface area contributed by atoms with E-state index in [9.17, 15) is 0 Å². The van der Waals surface area contributed by atoms with Crippen LogP contribution >= 0.6 is 11.8 Å². The van der Waals surface area contributed by atoms with E-state index >= 15 is 0 Å². The van der Waals surface area contributed by atoms with Gasteiger partial charge in [-0.05, 0) is 41.2 Å². The molecular weight excluding hydrogens is 278 g/mol. The van der Waals surface area contributed by atoms with Crippen LogP contribution in [0.3, 0.4) is 0 Å². The van der Waals surface area contributed by atoms with Crippen molar-refractivity contribution < 1.29 is 0 Å². The Morgan fingerprint density at radius 1 is 1.33 bits per heavy atom. The summed E-state index contributed by atoms with van der Waals surface area (Å²) in [6.07, 6.45) is 4.52. The number of aromatic nitrogens is 1. The number of fused-ring (bicyclic) bond motifs is 1. The topological polar surface area (TPSA) is 43.3 Å². The molecule has 0 aliphatic heterocycles. The molecule has 1 aromatic carbocycles. The van der Waals surface area contributed by atoms with Crippen molar-refractivity contribution in [2.75, 3.05) is 0 Å². The summed E-state index contributed by atoms with van der Waals surface area (Å²) >= 11 is 1.54. The fraction of sp³-hybridized carbons (Fsp3) is 0.235. The summed E-state index contributed by atoms with van der Waals surface area (Å²) in [5.41, 5.74) is 8.17. The van der Waals surface area contributed by atoms with Crippen LogP contribution in [-0.2, 0) is 7.05 Å². The summed E-state index contributed by atoms with van der Waals surface area (Å²) in [4.78, 5) is 5.56. The third kappa shape index (κ3) is 3.05. The number of nitrogens with zero attached hydrogens (tertiary/aromatic N) is 2. The standard InChI is InChI=1S/C17H19N3S/c1-11(13-4-5-13)21-12(2)19-17(18)15-7-6-14-8-9-20(3)16(14)10-15/h6-10,13H,1-2,4-5H2,3H3,(H2,18,19). The van der Waals surface area contributed by atoms with Crippen LogP contribution in [0.25, 0.3) is 10.9 Å². The number of aryl methyl sites for hydroxylation is 1. The Bertz CT molecular complexity index is 750. The van der Waals surface area contributed by atoms with Gasteiger partial charge in [-0.1, -0.05) is 37.1 Å². The van der Waals surface area contributed by atoms with Gasteiger partial charge in [-0.3, -0.25) is 0 Å². The molecule has 21 heavy (non-hydrogen) atoms. The number of nitrogens with two attached hydrogens (primary N) is 1. The molecule has 0 bridgehead atoms. The Labute approximate surface area is 129 Å². The van der Waals surface area contributed by atoms with Gasteiger partial charge < -0.3 is 10.3 Å². The van der Waals surface area contributed by atoms with Crippen LogP contribution in [-0.4, -0.2) is 10.4 Å². The average Bonchev–Trinajstić information content (AvgIpc) is 3.24. The molecule has 1 heterocycles. The molecule has 1 aliphatic rings. The molecule has 0 saturated heterocycles. The van der Waals surface area contributed by atoms with Crippen molar-refractivity contribution in [3.05, 3.63) is 59.1 Å². The molecule has 0 radical (unpaired) electrons. The second kappa shape index (κ2) is 5.45. The van der Waals surface area contributed by atoms with Gasteiger partial charge in [0.05, 0.1) is 5.03 Å². The number of hydrogen-bond acceptors (Lipinski definition) is 2. The molecular formula is C17H19N3S. The first-order valence-corrected chi connectivity index (χ1v) is 7.81. The van der Waals surface area contributed by atoms with Crippen LogP contribution in [0.2, 0.25) is 0 Å². The van der Waals surface area contributed by atoms with Crippen molar-refractivity contribution in [2.24, 2.45) is 23.7 Å². The summed E-state index contributed by atoms with van der Waals surface area (Å²) in [6.45, 7) is 8.04. The van der Waals surface area contributed by atoms with Gasteiger partial charge in [0.15, 0.2) is 0 Å². The van der Waals surface area contributed by atoms with Gasteiger partial charge in [-0.2, -0.15) is 0 Å². The minimum atomic E-state index is 0.499. The average molecular weight is 297 g/mol. The number of amidine groups is 1. The predicted octanol–water partition coefficient (Wildman–Crippen LogP) is 4.01. The van der Waals surface area contributed by atoms with Crippen LogP contribution in [0.5, 0.6) is 0 Å². The van der Waals surface area contributed by atoms with Gasteiger partial charge in [-0.15, -0.1) is 0 Å². The molecule has 0 spiro atoms. The van der Waals surface area contributed by atoms with Crippen molar-refractivity contribution in [2.45, 2.75) is 12.8 Å². The van der Waals surface area contributed by atoms with Gasteiger partial charge in [0.2, 0.25) is 0 Å². The summed E-state index contributed by atoms with van der Waals surface area (Å²) in [5, 5.41) is 1.90. The second-order valence-corrected chi connectivity index (χ2v) is 6.63. The fourth-order valence-electron chi connectivity index (χ4n) is 2.28. The lowest BCUT2D eigenvalue weighted by atomic mass is 10.1. The summed E-state index contributed by atoms with van der Waals surface area (Å²) < 4.78 is 2.07. The van der Waals surface area contributed by atoms with Crippen molar-refractivity contribution in [1.82, 2.24) is 4.57 Å². The molecule has 3 nitrogen and oxygen atoms in total. The summed E-state index contributed by atoms with van der Waals surface area (Å²) in [7, 11) is 2.02. The number of aliphatic imine (C=N–C) groups is 1. The van der Waals surface area contributed by atoms with E-state index in [1.165, 1.54) is 30.0 Å². The molecule has 3 rings (SSSR count). The van der Waals surface area contributed by atoms with Crippen molar-refractivity contribution in [1.29, 1.82) is 0 Å². The normalized spacial score (nSPS) is 15.4. The van der Waals surface area contributed by atoms with Crippen LogP contribution in [0.4, 0.5) is 0 Å². The first-order chi connectivity index (χ1) is 10.0. The zero-order valence-corrected chi connectivity index (χ0v) is 13.0. The first-order valence-electron chi connectivity index (χ1n) is 7.00. The Kier molecular flexibility index (Phi) is 3.64. The second-order valence-electron chi connectivity index (χ2n) is 5.43. The predicted molar refractivity (Wildman–Crippen MR) is 92.2 cm³/mol. The lowest BCUT2D eigenvalue weighted by Gasteiger charge is -2.06. The minimum absolute atomic E-state index is 0.499. The van der Waals surface area contributed by atoms with Crippen LogP contribution in [0.15, 0.2) is 58.5 Å². The Hall–Kier alpha value is -1.94. The molecule has 0 unspecified atom stereocenters. The fourth-order valence-corrected chi connectivity index (χ4v) is 3.13. The molecule has 2 N–H and O–H groups in total. The first kappa shape index (κ1) is 14.0. The third-order valence-electron chi connectivity index (χ3n) is 3.71. The zero-order chi connectivity index (χ0) is 15.0. The Morgan fingerprint density at radius 2 is 2.10 bits per heavy atom. The molecule has 1 fully saturated rings. The molecule has 1 saturated carbocycles. The molecule has 1 aliphatic carbocycles. The lowest BCUT2D eigenvalue weighted by molar-refractivity contribution is 0.969. The van der Waals surface area contributed by atoms with Crippen molar-refractivity contribution in [3.63, 3.8) is 0 Å². The van der Waals surface area contributed by atoms with E-state index in [2.05, 4.69) is 40.9 Å². The molecule has 0 amide bonds. The summed E-state index contributed by atoms with van der Waals surface area (Å²) in [6, 6.07) is 8.20.